The predicted molar refractivity (Wildman–Crippen MR) is 46.3 cm³/mol. The maximum absolute atomic E-state index is 8.84. The number of alkyl halides is 1. The van der Waals surface area contributed by atoms with Crippen LogP contribution in [-0.2, 0) is 0 Å². The summed E-state index contributed by atoms with van der Waals surface area (Å²) in [6.45, 7) is 0.398. The van der Waals surface area contributed by atoms with Crippen molar-refractivity contribution in [3.63, 3.8) is 0 Å². The van der Waals surface area contributed by atoms with Crippen molar-refractivity contribution in [3.05, 3.63) is 0 Å². The molecule has 0 heterocycles. The molecule has 1 rings (SSSR count). The van der Waals surface area contributed by atoms with Gasteiger partial charge in [0.25, 0.3) is 0 Å². The Morgan fingerprint density at radius 1 is 1.10 bits per heavy atom. The van der Waals surface area contributed by atoms with Gasteiger partial charge in [-0.05, 0) is 37.5 Å². The largest absolute Gasteiger partial charge is 0.396 e. The monoisotopic (exact) mass is 206 g/mol. The van der Waals surface area contributed by atoms with Crippen molar-refractivity contribution in [2.45, 2.75) is 25.7 Å². The van der Waals surface area contributed by atoms with Crippen molar-refractivity contribution in [2.75, 3.05) is 11.9 Å². The maximum atomic E-state index is 8.84. The normalized spacial score (nSPS) is 34.2. The first-order valence-corrected chi connectivity index (χ1v) is 5.15. The Labute approximate surface area is 70.9 Å². The third kappa shape index (κ3) is 2.24. The highest BCUT2D eigenvalue weighted by Gasteiger charge is 2.18. The lowest BCUT2D eigenvalue weighted by Gasteiger charge is -2.25. The molecule has 0 aromatic carbocycles. The standard InChI is InChI=1S/C8H15BrO/c9-5-7-1-3-8(6-10)4-2-7/h7-8,10H,1-6H2. The topological polar surface area (TPSA) is 20.2 Å². The van der Waals surface area contributed by atoms with E-state index in [1.54, 1.807) is 0 Å². The van der Waals surface area contributed by atoms with Crippen LogP contribution in [0.15, 0.2) is 0 Å². The number of aliphatic hydroxyl groups excluding tert-OH is 1. The van der Waals surface area contributed by atoms with E-state index < -0.39 is 0 Å². The molecule has 0 aliphatic heterocycles. The van der Waals surface area contributed by atoms with E-state index in [1.165, 1.54) is 25.7 Å². The molecule has 1 fully saturated rings. The smallest absolute Gasteiger partial charge is 0.0459 e. The summed E-state index contributed by atoms with van der Waals surface area (Å²) in [4.78, 5) is 0. The Balaban J connectivity index is 2.17. The highest BCUT2D eigenvalue weighted by molar-refractivity contribution is 9.09. The van der Waals surface area contributed by atoms with Crippen molar-refractivity contribution in [1.82, 2.24) is 0 Å². The van der Waals surface area contributed by atoms with Crippen LogP contribution in [0.5, 0.6) is 0 Å². The van der Waals surface area contributed by atoms with Gasteiger partial charge >= 0.3 is 0 Å². The molecule has 1 saturated carbocycles. The quantitative estimate of drug-likeness (QED) is 0.688. The van der Waals surface area contributed by atoms with Crippen LogP contribution in [0, 0.1) is 11.8 Å². The molecule has 0 atom stereocenters. The highest BCUT2D eigenvalue weighted by atomic mass is 79.9. The highest BCUT2D eigenvalue weighted by Crippen LogP contribution is 2.29. The van der Waals surface area contributed by atoms with Gasteiger partial charge < -0.3 is 5.11 Å². The molecule has 0 radical (unpaired) electrons. The lowest BCUT2D eigenvalue weighted by atomic mass is 9.83. The van der Waals surface area contributed by atoms with E-state index in [1.807, 2.05) is 0 Å². The summed E-state index contributed by atoms with van der Waals surface area (Å²) in [5.41, 5.74) is 0. The van der Waals surface area contributed by atoms with Crippen LogP contribution in [-0.4, -0.2) is 17.0 Å². The maximum Gasteiger partial charge on any atom is 0.0459 e. The van der Waals surface area contributed by atoms with Gasteiger partial charge in [-0.15, -0.1) is 0 Å². The minimum absolute atomic E-state index is 0.398. The molecule has 1 aliphatic carbocycles. The molecular formula is C8H15BrO. The fraction of sp³-hybridized carbons (Fsp3) is 1.00. The van der Waals surface area contributed by atoms with Crippen LogP contribution >= 0.6 is 15.9 Å². The molecule has 0 unspecified atom stereocenters. The van der Waals surface area contributed by atoms with E-state index in [0.717, 1.165) is 11.2 Å². The third-order valence-corrected chi connectivity index (χ3v) is 3.36. The molecule has 60 valence electrons. The van der Waals surface area contributed by atoms with E-state index in [-0.39, 0.29) is 0 Å². The zero-order valence-corrected chi connectivity index (χ0v) is 7.81. The first kappa shape index (κ1) is 8.54. The Morgan fingerprint density at radius 2 is 1.60 bits per heavy atom. The Morgan fingerprint density at radius 3 is 2.00 bits per heavy atom. The molecule has 0 aromatic rings. The minimum atomic E-state index is 0.398. The molecule has 0 amide bonds. The first-order valence-electron chi connectivity index (χ1n) is 4.03. The van der Waals surface area contributed by atoms with Gasteiger partial charge in [-0.25, -0.2) is 0 Å². The summed E-state index contributed by atoms with van der Waals surface area (Å²) < 4.78 is 0. The van der Waals surface area contributed by atoms with Gasteiger partial charge in [0.1, 0.15) is 0 Å². The zero-order valence-electron chi connectivity index (χ0n) is 6.22. The fourth-order valence-corrected chi connectivity index (χ4v) is 2.22. The SMILES string of the molecule is OCC1CCC(CBr)CC1. The van der Waals surface area contributed by atoms with Gasteiger partial charge in [0.05, 0.1) is 0 Å². The Hall–Kier alpha value is 0.440. The molecule has 2 heteroatoms. The van der Waals surface area contributed by atoms with Crippen LogP contribution in [0.2, 0.25) is 0 Å². The van der Waals surface area contributed by atoms with Gasteiger partial charge in [-0.3, -0.25) is 0 Å². The second-order valence-corrected chi connectivity index (χ2v) is 3.87. The average molecular weight is 207 g/mol. The molecule has 0 bridgehead atoms. The molecule has 0 saturated heterocycles. The lowest BCUT2D eigenvalue weighted by Crippen LogP contribution is -2.17. The van der Waals surface area contributed by atoms with Crippen molar-refractivity contribution < 1.29 is 5.11 Å². The number of hydrogen-bond acceptors (Lipinski definition) is 1. The summed E-state index contributed by atoms with van der Waals surface area (Å²) in [6.07, 6.45) is 5.06. The molecule has 0 aromatic heterocycles. The van der Waals surface area contributed by atoms with Crippen LogP contribution < -0.4 is 0 Å². The predicted octanol–water partition coefficient (Wildman–Crippen LogP) is 2.18. The number of halogens is 1. The molecule has 10 heavy (non-hydrogen) atoms. The first-order chi connectivity index (χ1) is 4.86. The summed E-state index contributed by atoms with van der Waals surface area (Å²) in [6, 6.07) is 0. The van der Waals surface area contributed by atoms with Crippen LogP contribution in [0.4, 0.5) is 0 Å². The lowest BCUT2D eigenvalue weighted by molar-refractivity contribution is 0.173. The van der Waals surface area contributed by atoms with E-state index in [2.05, 4.69) is 15.9 Å². The second kappa shape index (κ2) is 4.35. The zero-order chi connectivity index (χ0) is 7.40. The second-order valence-electron chi connectivity index (χ2n) is 3.22. The third-order valence-electron chi connectivity index (χ3n) is 2.44. The van der Waals surface area contributed by atoms with Gasteiger partial charge in [-0.1, -0.05) is 15.9 Å². The Kier molecular flexibility index (Phi) is 3.71. The minimum Gasteiger partial charge on any atom is -0.396 e. The summed E-state index contributed by atoms with van der Waals surface area (Å²) in [5, 5.41) is 9.98. The number of hydrogen-bond donors (Lipinski definition) is 1. The van der Waals surface area contributed by atoms with Gasteiger partial charge in [-0.2, -0.15) is 0 Å². The molecular weight excluding hydrogens is 192 g/mol. The van der Waals surface area contributed by atoms with E-state index in [9.17, 15) is 0 Å². The van der Waals surface area contributed by atoms with Crippen LogP contribution in [0.1, 0.15) is 25.7 Å². The number of aliphatic hydroxyl groups is 1. The summed E-state index contributed by atoms with van der Waals surface area (Å²) in [7, 11) is 0. The summed E-state index contributed by atoms with van der Waals surface area (Å²) >= 11 is 3.49. The van der Waals surface area contributed by atoms with Crippen molar-refractivity contribution in [3.8, 4) is 0 Å². The number of rotatable bonds is 2. The van der Waals surface area contributed by atoms with Crippen molar-refractivity contribution >= 4 is 15.9 Å². The van der Waals surface area contributed by atoms with Gasteiger partial charge in [0.15, 0.2) is 0 Å². The fourth-order valence-electron chi connectivity index (χ4n) is 1.57. The Bertz CT molecular complexity index is 75.3. The van der Waals surface area contributed by atoms with Crippen LogP contribution in [0.3, 0.4) is 0 Å². The van der Waals surface area contributed by atoms with E-state index in [4.69, 9.17) is 5.11 Å². The van der Waals surface area contributed by atoms with E-state index >= 15 is 0 Å². The van der Waals surface area contributed by atoms with Crippen LogP contribution in [0.25, 0.3) is 0 Å². The molecule has 1 nitrogen and oxygen atoms in total. The van der Waals surface area contributed by atoms with Gasteiger partial charge in [0.2, 0.25) is 0 Å². The van der Waals surface area contributed by atoms with Crippen molar-refractivity contribution in [2.24, 2.45) is 11.8 Å². The average Bonchev–Trinajstić information content (AvgIpc) is 2.05. The molecule has 0 spiro atoms. The van der Waals surface area contributed by atoms with Gasteiger partial charge in [0, 0.05) is 11.9 Å². The van der Waals surface area contributed by atoms with Crippen molar-refractivity contribution in [1.29, 1.82) is 0 Å². The van der Waals surface area contributed by atoms with E-state index in [0.29, 0.717) is 12.5 Å². The molecule has 1 N–H and O–H groups in total. The molecule has 1 aliphatic rings. The summed E-state index contributed by atoms with van der Waals surface area (Å²) in [5.74, 6) is 1.48.